The van der Waals surface area contributed by atoms with Crippen molar-refractivity contribution in [2.45, 2.75) is 46.4 Å². The Kier molecular flexibility index (Phi) is 6.36. The lowest BCUT2D eigenvalue weighted by Gasteiger charge is -2.18. The van der Waals surface area contributed by atoms with Gasteiger partial charge in [-0.05, 0) is 48.6 Å². The van der Waals surface area contributed by atoms with Crippen LogP contribution in [0.2, 0.25) is 0 Å². The molecule has 2 aromatic carbocycles. The Morgan fingerprint density at radius 3 is 2.52 bits per heavy atom. The smallest absolute Gasteiger partial charge is 0.339 e. The molecule has 1 unspecified atom stereocenters. The van der Waals surface area contributed by atoms with Gasteiger partial charge in [-0.25, -0.2) is 4.79 Å². The van der Waals surface area contributed by atoms with Crippen LogP contribution in [0.3, 0.4) is 0 Å². The van der Waals surface area contributed by atoms with Crippen LogP contribution in [-0.2, 0) is 17.7 Å². The number of benzene rings is 2. The van der Waals surface area contributed by atoms with Gasteiger partial charge in [0.05, 0.1) is 5.56 Å². The first-order valence-corrected chi connectivity index (χ1v) is 8.21. The summed E-state index contributed by atoms with van der Waals surface area (Å²) in [5.74, 6) is -0.271. The molecule has 0 aliphatic carbocycles. The van der Waals surface area contributed by atoms with Crippen LogP contribution in [0.25, 0.3) is 0 Å². The Morgan fingerprint density at radius 2 is 1.87 bits per heavy atom. The summed E-state index contributed by atoms with van der Waals surface area (Å²) in [5.41, 5.74) is 4.18. The van der Waals surface area contributed by atoms with Crippen molar-refractivity contribution in [2.75, 3.05) is 0 Å². The number of hydrogen-bond donors (Lipinski definition) is 1. The number of esters is 1. The van der Waals surface area contributed by atoms with Gasteiger partial charge in [0, 0.05) is 6.54 Å². The SMILES string of the molecule is CCc1cc(C(=O)OC(CC)NCc2ccccc2)ccc1C. The maximum absolute atomic E-state index is 12.3. The Hall–Kier alpha value is -2.13. The molecule has 0 bridgehead atoms. The molecular weight excluding hydrogens is 286 g/mol. The first-order chi connectivity index (χ1) is 11.1. The van der Waals surface area contributed by atoms with Crippen LogP contribution in [0, 0.1) is 6.92 Å². The van der Waals surface area contributed by atoms with E-state index >= 15 is 0 Å². The van der Waals surface area contributed by atoms with Gasteiger partial charge in [0.2, 0.25) is 0 Å². The molecule has 0 saturated heterocycles. The van der Waals surface area contributed by atoms with Crippen molar-refractivity contribution >= 4 is 5.97 Å². The van der Waals surface area contributed by atoms with E-state index in [0.29, 0.717) is 12.1 Å². The Morgan fingerprint density at radius 1 is 1.13 bits per heavy atom. The van der Waals surface area contributed by atoms with E-state index in [4.69, 9.17) is 4.74 Å². The molecule has 0 spiro atoms. The molecule has 0 heterocycles. The lowest BCUT2D eigenvalue weighted by Crippen LogP contribution is -2.33. The zero-order valence-electron chi connectivity index (χ0n) is 14.1. The van der Waals surface area contributed by atoms with Crippen molar-refractivity contribution in [1.29, 1.82) is 0 Å². The molecule has 122 valence electrons. The van der Waals surface area contributed by atoms with E-state index in [1.54, 1.807) is 0 Å². The van der Waals surface area contributed by atoms with Gasteiger partial charge in [0.1, 0.15) is 0 Å². The molecular formula is C20H25NO2. The maximum atomic E-state index is 12.3. The number of nitrogens with one attached hydrogen (secondary N) is 1. The standard InChI is InChI=1S/C20H25NO2/c1-4-17-13-18(12-11-15(17)3)20(22)23-19(5-2)21-14-16-9-7-6-8-10-16/h6-13,19,21H,4-5,14H2,1-3H3. The molecule has 0 radical (unpaired) electrons. The molecule has 2 rings (SSSR count). The first-order valence-electron chi connectivity index (χ1n) is 8.21. The Bertz CT molecular complexity index is 637. The minimum atomic E-state index is -0.283. The van der Waals surface area contributed by atoms with E-state index in [1.807, 2.05) is 43.3 Å². The third kappa shape index (κ3) is 4.93. The van der Waals surface area contributed by atoms with Gasteiger partial charge in [0.25, 0.3) is 0 Å². The highest BCUT2D eigenvalue weighted by Gasteiger charge is 2.14. The van der Waals surface area contributed by atoms with Crippen molar-refractivity contribution in [3.8, 4) is 0 Å². The van der Waals surface area contributed by atoms with Crippen LogP contribution >= 0.6 is 0 Å². The van der Waals surface area contributed by atoms with Crippen LogP contribution in [0.4, 0.5) is 0 Å². The molecule has 0 fully saturated rings. The van der Waals surface area contributed by atoms with Crippen molar-refractivity contribution in [3.63, 3.8) is 0 Å². The third-order valence-corrected chi connectivity index (χ3v) is 3.96. The molecule has 3 nitrogen and oxygen atoms in total. The predicted octanol–water partition coefficient (Wildman–Crippen LogP) is 4.24. The van der Waals surface area contributed by atoms with Crippen LogP contribution in [0.5, 0.6) is 0 Å². The summed E-state index contributed by atoms with van der Waals surface area (Å²) in [6.07, 6.45) is 1.36. The summed E-state index contributed by atoms with van der Waals surface area (Å²) in [6.45, 7) is 6.83. The van der Waals surface area contributed by atoms with Gasteiger partial charge in [-0.3, -0.25) is 5.32 Å². The fourth-order valence-electron chi connectivity index (χ4n) is 2.47. The zero-order chi connectivity index (χ0) is 16.7. The first kappa shape index (κ1) is 17.2. The summed E-state index contributed by atoms with van der Waals surface area (Å²) >= 11 is 0. The monoisotopic (exact) mass is 311 g/mol. The normalized spacial score (nSPS) is 12.0. The molecule has 0 amide bonds. The van der Waals surface area contributed by atoms with Crippen LogP contribution < -0.4 is 5.32 Å². The van der Waals surface area contributed by atoms with E-state index in [0.717, 1.165) is 12.8 Å². The number of ether oxygens (including phenoxy) is 1. The van der Waals surface area contributed by atoms with Crippen molar-refractivity contribution in [2.24, 2.45) is 0 Å². The number of carbonyl (C=O) groups excluding carboxylic acids is 1. The fourth-order valence-corrected chi connectivity index (χ4v) is 2.47. The highest BCUT2D eigenvalue weighted by atomic mass is 16.6. The molecule has 0 saturated carbocycles. The average Bonchev–Trinajstić information content (AvgIpc) is 2.59. The van der Waals surface area contributed by atoms with Crippen molar-refractivity contribution < 1.29 is 9.53 Å². The second-order valence-corrected chi connectivity index (χ2v) is 5.66. The molecule has 0 aliphatic rings. The zero-order valence-corrected chi connectivity index (χ0v) is 14.1. The van der Waals surface area contributed by atoms with Crippen LogP contribution in [-0.4, -0.2) is 12.2 Å². The van der Waals surface area contributed by atoms with Crippen molar-refractivity contribution in [3.05, 3.63) is 70.8 Å². The number of aryl methyl sites for hydroxylation is 2. The van der Waals surface area contributed by atoms with Crippen LogP contribution in [0.15, 0.2) is 48.5 Å². The largest absolute Gasteiger partial charge is 0.443 e. The summed E-state index contributed by atoms with van der Waals surface area (Å²) in [5, 5.41) is 3.28. The van der Waals surface area contributed by atoms with E-state index in [-0.39, 0.29) is 12.2 Å². The van der Waals surface area contributed by atoms with Gasteiger partial charge < -0.3 is 4.74 Å². The molecule has 2 aromatic rings. The lowest BCUT2D eigenvalue weighted by atomic mass is 10.0. The third-order valence-electron chi connectivity index (χ3n) is 3.96. The van der Waals surface area contributed by atoms with Crippen LogP contribution in [0.1, 0.15) is 47.3 Å². The second-order valence-electron chi connectivity index (χ2n) is 5.66. The minimum absolute atomic E-state index is 0.271. The quantitative estimate of drug-likeness (QED) is 0.614. The molecule has 23 heavy (non-hydrogen) atoms. The second kappa shape index (κ2) is 8.49. The lowest BCUT2D eigenvalue weighted by molar-refractivity contribution is 0.0199. The molecule has 0 aliphatic heterocycles. The fraction of sp³-hybridized carbons (Fsp3) is 0.350. The minimum Gasteiger partial charge on any atom is -0.443 e. The molecule has 0 aromatic heterocycles. The van der Waals surface area contributed by atoms with E-state index in [1.165, 1.54) is 16.7 Å². The van der Waals surface area contributed by atoms with Gasteiger partial charge in [-0.15, -0.1) is 0 Å². The summed E-state index contributed by atoms with van der Waals surface area (Å²) < 4.78 is 5.60. The Balaban J connectivity index is 1.96. The summed E-state index contributed by atoms with van der Waals surface area (Å²) in [6, 6.07) is 15.8. The summed E-state index contributed by atoms with van der Waals surface area (Å²) in [4.78, 5) is 12.3. The number of carbonyl (C=O) groups is 1. The number of rotatable bonds is 7. The van der Waals surface area contributed by atoms with E-state index < -0.39 is 0 Å². The average molecular weight is 311 g/mol. The van der Waals surface area contributed by atoms with E-state index in [2.05, 4.69) is 31.3 Å². The topological polar surface area (TPSA) is 38.3 Å². The van der Waals surface area contributed by atoms with Gasteiger partial charge in [0.15, 0.2) is 6.23 Å². The molecule has 1 N–H and O–H groups in total. The number of hydrogen-bond acceptors (Lipinski definition) is 3. The van der Waals surface area contributed by atoms with E-state index in [9.17, 15) is 4.79 Å². The molecule has 3 heteroatoms. The van der Waals surface area contributed by atoms with Crippen molar-refractivity contribution in [1.82, 2.24) is 5.32 Å². The maximum Gasteiger partial charge on any atom is 0.339 e. The predicted molar refractivity (Wildman–Crippen MR) is 93.3 cm³/mol. The summed E-state index contributed by atoms with van der Waals surface area (Å²) in [7, 11) is 0. The highest BCUT2D eigenvalue weighted by molar-refractivity contribution is 5.89. The molecule has 1 atom stereocenters. The van der Waals surface area contributed by atoms with Gasteiger partial charge in [-0.1, -0.05) is 50.2 Å². The highest BCUT2D eigenvalue weighted by Crippen LogP contribution is 2.14. The van der Waals surface area contributed by atoms with Gasteiger partial charge >= 0.3 is 5.97 Å². The Labute approximate surface area is 138 Å². The van der Waals surface area contributed by atoms with Gasteiger partial charge in [-0.2, -0.15) is 0 Å².